The third-order valence-corrected chi connectivity index (χ3v) is 4.95. The first kappa shape index (κ1) is 20.0. The van der Waals surface area contributed by atoms with E-state index in [9.17, 15) is 9.59 Å². The van der Waals surface area contributed by atoms with Crippen LogP contribution in [0.5, 0.6) is 5.75 Å². The average Bonchev–Trinajstić information content (AvgIpc) is 2.93. The number of hydrogen-bond donors (Lipinski definition) is 1. The Bertz CT molecular complexity index is 935. The molecule has 2 aromatic rings. The summed E-state index contributed by atoms with van der Waals surface area (Å²) in [6, 6.07) is 12.7. The maximum atomic E-state index is 12.9. The normalized spacial score (nSPS) is 14.1. The molecule has 1 aliphatic heterocycles. The van der Waals surface area contributed by atoms with Crippen molar-refractivity contribution in [3.63, 3.8) is 0 Å². The van der Waals surface area contributed by atoms with Crippen molar-refractivity contribution in [1.82, 2.24) is 4.90 Å². The highest BCUT2D eigenvalue weighted by molar-refractivity contribution is 6.36. The predicted octanol–water partition coefficient (Wildman–Crippen LogP) is 4.65. The largest absolute Gasteiger partial charge is 0.494 e. The highest BCUT2D eigenvalue weighted by atomic mass is 35.5. The molecule has 5 nitrogen and oxygen atoms in total. The van der Waals surface area contributed by atoms with Gasteiger partial charge in [0.1, 0.15) is 11.4 Å². The number of anilines is 1. The van der Waals surface area contributed by atoms with Crippen LogP contribution in [0.25, 0.3) is 5.57 Å². The zero-order valence-corrected chi connectivity index (χ0v) is 17.0. The molecule has 1 aliphatic rings. The molecule has 28 heavy (non-hydrogen) atoms. The van der Waals surface area contributed by atoms with E-state index in [4.69, 9.17) is 16.3 Å². The van der Waals surface area contributed by atoms with Crippen LogP contribution >= 0.6 is 11.6 Å². The highest BCUT2D eigenvalue weighted by Crippen LogP contribution is 2.32. The molecule has 3 rings (SSSR count). The molecule has 0 spiro atoms. The van der Waals surface area contributed by atoms with Crippen LogP contribution in [-0.2, 0) is 9.59 Å². The second-order valence-corrected chi connectivity index (χ2v) is 6.97. The molecule has 2 aromatic carbocycles. The zero-order valence-electron chi connectivity index (χ0n) is 16.2. The number of halogens is 1. The number of ether oxygens (including phenoxy) is 1. The fourth-order valence-electron chi connectivity index (χ4n) is 3.00. The van der Waals surface area contributed by atoms with Crippen LogP contribution < -0.4 is 10.1 Å². The Hall–Kier alpha value is -2.79. The molecule has 6 heteroatoms. The average molecular weight is 399 g/mol. The minimum atomic E-state index is -0.342. The van der Waals surface area contributed by atoms with Crippen molar-refractivity contribution in [1.29, 1.82) is 0 Å². The predicted molar refractivity (Wildman–Crippen MR) is 111 cm³/mol. The number of nitrogens with zero attached hydrogens (tertiary/aromatic N) is 1. The van der Waals surface area contributed by atoms with Gasteiger partial charge >= 0.3 is 0 Å². The minimum Gasteiger partial charge on any atom is -0.494 e. The van der Waals surface area contributed by atoms with Gasteiger partial charge in [-0.15, -0.1) is 0 Å². The number of amides is 2. The zero-order chi connectivity index (χ0) is 20.3. The fraction of sp³-hybridized carbons (Fsp3) is 0.273. The minimum absolute atomic E-state index is 0.258. The summed E-state index contributed by atoms with van der Waals surface area (Å²) in [7, 11) is 0. The summed E-state index contributed by atoms with van der Waals surface area (Å²) in [6.45, 7) is 6.65. The van der Waals surface area contributed by atoms with E-state index in [0.717, 1.165) is 17.7 Å². The lowest BCUT2D eigenvalue weighted by atomic mass is 10.0. The number of carbonyl (C=O) groups excluding carboxylic acids is 2. The Balaban J connectivity index is 1.99. The van der Waals surface area contributed by atoms with Crippen molar-refractivity contribution in [2.24, 2.45) is 0 Å². The van der Waals surface area contributed by atoms with Crippen molar-refractivity contribution in [3.05, 3.63) is 64.3 Å². The van der Waals surface area contributed by atoms with E-state index in [2.05, 4.69) is 5.32 Å². The Labute approximate surface area is 169 Å². The van der Waals surface area contributed by atoms with Gasteiger partial charge in [-0.05, 0) is 55.7 Å². The molecule has 0 bridgehead atoms. The molecule has 2 amide bonds. The molecule has 1 heterocycles. The Kier molecular flexibility index (Phi) is 6.05. The van der Waals surface area contributed by atoms with Crippen LogP contribution in [-0.4, -0.2) is 29.9 Å². The fourth-order valence-corrected chi connectivity index (χ4v) is 3.18. The number of nitrogens with one attached hydrogen (secondary N) is 1. The van der Waals surface area contributed by atoms with Gasteiger partial charge in [-0.25, -0.2) is 0 Å². The van der Waals surface area contributed by atoms with Crippen molar-refractivity contribution in [2.75, 3.05) is 18.5 Å². The lowest BCUT2D eigenvalue weighted by Crippen LogP contribution is -2.32. The third kappa shape index (κ3) is 3.90. The van der Waals surface area contributed by atoms with Gasteiger partial charge in [0.25, 0.3) is 11.8 Å². The van der Waals surface area contributed by atoms with Gasteiger partial charge in [0.15, 0.2) is 0 Å². The van der Waals surface area contributed by atoms with Crippen LogP contribution in [0.2, 0.25) is 5.02 Å². The molecular formula is C22H23ClN2O3. The van der Waals surface area contributed by atoms with Gasteiger partial charge < -0.3 is 10.1 Å². The molecule has 146 valence electrons. The molecule has 0 unspecified atom stereocenters. The molecular weight excluding hydrogens is 376 g/mol. The summed E-state index contributed by atoms with van der Waals surface area (Å²) in [4.78, 5) is 26.9. The summed E-state index contributed by atoms with van der Waals surface area (Å²) in [5, 5.41) is 3.69. The third-order valence-electron chi connectivity index (χ3n) is 4.54. The van der Waals surface area contributed by atoms with Crippen molar-refractivity contribution < 1.29 is 14.3 Å². The first-order valence-corrected chi connectivity index (χ1v) is 9.71. The van der Waals surface area contributed by atoms with E-state index >= 15 is 0 Å². The summed E-state index contributed by atoms with van der Waals surface area (Å²) in [5.74, 6) is 0.0797. The van der Waals surface area contributed by atoms with E-state index in [-0.39, 0.29) is 17.5 Å². The van der Waals surface area contributed by atoms with E-state index < -0.39 is 0 Å². The van der Waals surface area contributed by atoms with Gasteiger partial charge in [0.05, 0.1) is 12.2 Å². The summed E-state index contributed by atoms with van der Waals surface area (Å²) >= 11 is 6.20. The van der Waals surface area contributed by atoms with Crippen LogP contribution in [0.4, 0.5) is 5.69 Å². The first-order valence-electron chi connectivity index (χ1n) is 9.33. The number of likely N-dealkylation sites (N-methyl/N-ethyl adjacent to an activating group) is 1. The standard InChI is InChI=1S/C22H23ClN2O3/c1-4-12-28-17-10-7-15(8-11-17)19-20(22(27)25(5-2)21(19)26)24-16-9-6-14(3)18(23)13-16/h6-11,13,24H,4-5,12H2,1-3H3. The molecule has 1 N–H and O–H groups in total. The maximum Gasteiger partial charge on any atom is 0.278 e. The second-order valence-electron chi connectivity index (χ2n) is 6.57. The number of benzene rings is 2. The van der Waals surface area contributed by atoms with Gasteiger partial charge in [0.2, 0.25) is 0 Å². The van der Waals surface area contributed by atoms with Gasteiger partial charge in [0, 0.05) is 17.3 Å². The highest BCUT2D eigenvalue weighted by Gasteiger charge is 2.38. The summed E-state index contributed by atoms with van der Waals surface area (Å²) in [5.41, 5.74) is 2.87. The quantitative estimate of drug-likeness (QED) is 0.690. The monoisotopic (exact) mass is 398 g/mol. The van der Waals surface area contributed by atoms with Crippen molar-refractivity contribution >= 4 is 34.7 Å². The van der Waals surface area contributed by atoms with Gasteiger partial charge in [-0.2, -0.15) is 0 Å². The topological polar surface area (TPSA) is 58.6 Å². The second kappa shape index (κ2) is 8.48. The molecule has 0 atom stereocenters. The maximum absolute atomic E-state index is 12.9. The van der Waals surface area contributed by atoms with Gasteiger partial charge in [-0.3, -0.25) is 14.5 Å². The number of carbonyl (C=O) groups is 2. The summed E-state index contributed by atoms with van der Waals surface area (Å²) in [6.07, 6.45) is 0.915. The van der Waals surface area contributed by atoms with E-state index in [0.29, 0.717) is 35.0 Å². The lowest BCUT2D eigenvalue weighted by molar-refractivity contribution is -0.136. The molecule has 0 saturated heterocycles. The van der Waals surface area contributed by atoms with Crippen LogP contribution in [0.15, 0.2) is 48.2 Å². The van der Waals surface area contributed by atoms with E-state index in [1.165, 1.54) is 4.90 Å². The Morgan fingerprint density at radius 1 is 1.04 bits per heavy atom. The Morgan fingerprint density at radius 2 is 1.75 bits per heavy atom. The lowest BCUT2D eigenvalue weighted by Gasteiger charge is -2.12. The van der Waals surface area contributed by atoms with Crippen LogP contribution in [0, 0.1) is 6.92 Å². The van der Waals surface area contributed by atoms with Gasteiger partial charge in [-0.1, -0.05) is 36.7 Å². The van der Waals surface area contributed by atoms with E-state index in [1.54, 1.807) is 25.1 Å². The van der Waals surface area contributed by atoms with E-state index in [1.807, 2.05) is 38.1 Å². The SMILES string of the molecule is CCCOc1ccc(C2=C(Nc3ccc(C)c(Cl)c3)C(=O)N(CC)C2=O)cc1. The van der Waals surface area contributed by atoms with Crippen LogP contribution in [0.1, 0.15) is 31.4 Å². The van der Waals surface area contributed by atoms with Crippen LogP contribution in [0.3, 0.4) is 0 Å². The van der Waals surface area contributed by atoms with Crippen molar-refractivity contribution in [2.45, 2.75) is 27.2 Å². The summed E-state index contributed by atoms with van der Waals surface area (Å²) < 4.78 is 5.60. The number of aryl methyl sites for hydroxylation is 1. The molecule has 0 saturated carbocycles. The molecule has 0 radical (unpaired) electrons. The van der Waals surface area contributed by atoms with Crippen molar-refractivity contribution in [3.8, 4) is 5.75 Å². The smallest absolute Gasteiger partial charge is 0.278 e. The molecule has 0 aromatic heterocycles. The molecule has 0 fully saturated rings. The number of rotatable bonds is 7. The number of imide groups is 1. The number of hydrogen-bond acceptors (Lipinski definition) is 4. The molecule has 0 aliphatic carbocycles. The Morgan fingerprint density at radius 3 is 2.36 bits per heavy atom. The first-order chi connectivity index (χ1) is 13.5.